The first-order valence-corrected chi connectivity index (χ1v) is 7.52. The lowest BCUT2D eigenvalue weighted by molar-refractivity contribution is 0.387. The van der Waals surface area contributed by atoms with Crippen molar-refractivity contribution in [1.82, 2.24) is 20.3 Å². The van der Waals surface area contributed by atoms with Crippen LogP contribution in [0.3, 0.4) is 0 Å². The zero-order valence-corrected chi connectivity index (χ0v) is 13.5. The predicted octanol–water partition coefficient (Wildman–Crippen LogP) is 3.11. The van der Waals surface area contributed by atoms with E-state index in [4.69, 9.17) is 9.26 Å². The second-order valence-electron chi connectivity index (χ2n) is 5.44. The highest BCUT2D eigenvalue weighted by Crippen LogP contribution is 2.27. The van der Waals surface area contributed by atoms with Crippen LogP contribution in [0.1, 0.15) is 22.7 Å². The molecule has 0 aliphatic rings. The summed E-state index contributed by atoms with van der Waals surface area (Å²) in [5.74, 6) is 2.36. The lowest BCUT2D eigenvalue weighted by atomic mass is 10.2. The number of aryl methyl sites for hydroxylation is 3. The van der Waals surface area contributed by atoms with Crippen LogP contribution >= 0.6 is 0 Å². The summed E-state index contributed by atoms with van der Waals surface area (Å²) >= 11 is 0. The number of rotatable bonds is 6. The average molecular weight is 312 g/mol. The van der Waals surface area contributed by atoms with E-state index in [-0.39, 0.29) is 0 Å². The van der Waals surface area contributed by atoms with Crippen molar-refractivity contribution in [3.8, 4) is 11.6 Å². The molecule has 0 bridgehead atoms. The van der Waals surface area contributed by atoms with Gasteiger partial charge in [-0.05, 0) is 26.0 Å². The van der Waals surface area contributed by atoms with Gasteiger partial charge in [0.1, 0.15) is 11.5 Å². The second-order valence-corrected chi connectivity index (χ2v) is 5.44. The molecular formula is C17H20N4O2. The van der Waals surface area contributed by atoms with Gasteiger partial charge in [0.05, 0.1) is 17.0 Å². The molecule has 0 spiro atoms. The predicted molar refractivity (Wildman–Crippen MR) is 86.2 cm³/mol. The van der Waals surface area contributed by atoms with Crippen molar-refractivity contribution >= 4 is 0 Å². The van der Waals surface area contributed by atoms with E-state index in [1.165, 1.54) is 0 Å². The maximum absolute atomic E-state index is 5.99. The van der Waals surface area contributed by atoms with E-state index in [9.17, 15) is 0 Å². The molecule has 0 atom stereocenters. The van der Waals surface area contributed by atoms with E-state index in [0.717, 1.165) is 34.3 Å². The molecule has 6 heteroatoms. The van der Waals surface area contributed by atoms with Gasteiger partial charge in [-0.15, -0.1) is 0 Å². The van der Waals surface area contributed by atoms with Crippen LogP contribution in [0.4, 0.5) is 0 Å². The SMILES string of the molecule is Cc1cc(CNCc2c(C)nn(C)c2Oc2ccccc2)no1. The van der Waals surface area contributed by atoms with Gasteiger partial charge in [-0.25, -0.2) is 4.68 Å². The monoisotopic (exact) mass is 312 g/mol. The number of para-hydroxylation sites is 1. The second kappa shape index (κ2) is 6.66. The lowest BCUT2D eigenvalue weighted by Crippen LogP contribution is -2.14. The minimum atomic E-state index is 0.635. The third kappa shape index (κ3) is 3.60. The van der Waals surface area contributed by atoms with E-state index in [1.807, 2.05) is 57.3 Å². The van der Waals surface area contributed by atoms with Gasteiger partial charge >= 0.3 is 0 Å². The van der Waals surface area contributed by atoms with Gasteiger partial charge in [0.15, 0.2) is 0 Å². The fraction of sp³-hybridized carbons (Fsp3) is 0.294. The lowest BCUT2D eigenvalue weighted by Gasteiger charge is -2.09. The fourth-order valence-corrected chi connectivity index (χ4v) is 2.43. The van der Waals surface area contributed by atoms with Crippen molar-refractivity contribution in [3.63, 3.8) is 0 Å². The van der Waals surface area contributed by atoms with Gasteiger partial charge < -0.3 is 14.6 Å². The number of nitrogens with one attached hydrogen (secondary N) is 1. The molecule has 0 radical (unpaired) electrons. The molecule has 0 fully saturated rings. The highest BCUT2D eigenvalue weighted by atomic mass is 16.5. The molecule has 6 nitrogen and oxygen atoms in total. The van der Waals surface area contributed by atoms with E-state index in [0.29, 0.717) is 13.1 Å². The summed E-state index contributed by atoms with van der Waals surface area (Å²) in [6.45, 7) is 5.15. The number of benzene rings is 1. The van der Waals surface area contributed by atoms with Gasteiger partial charge in [-0.2, -0.15) is 5.10 Å². The topological polar surface area (TPSA) is 65.1 Å². The molecule has 0 aliphatic carbocycles. The molecule has 1 aromatic carbocycles. The number of hydrogen-bond donors (Lipinski definition) is 1. The van der Waals surface area contributed by atoms with Crippen LogP contribution < -0.4 is 10.1 Å². The highest BCUT2D eigenvalue weighted by molar-refractivity contribution is 5.35. The van der Waals surface area contributed by atoms with Crippen LogP contribution in [0.5, 0.6) is 11.6 Å². The fourth-order valence-electron chi connectivity index (χ4n) is 2.43. The Balaban J connectivity index is 1.71. The Hall–Kier alpha value is -2.60. The van der Waals surface area contributed by atoms with E-state index in [2.05, 4.69) is 15.6 Å². The molecular weight excluding hydrogens is 292 g/mol. The zero-order valence-electron chi connectivity index (χ0n) is 13.5. The summed E-state index contributed by atoms with van der Waals surface area (Å²) in [7, 11) is 1.88. The molecule has 23 heavy (non-hydrogen) atoms. The van der Waals surface area contributed by atoms with Crippen molar-refractivity contribution in [1.29, 1.82) is 0 Å². The normalized spacial score (nSPS) is 10.9. The summed E-state index contributed by atoms with van der Waals surface area (Å²) < 4.78 is 12.8. The van der Waals surface area contributed by atoms with Gasteiger partial charge in [0.25, 0.3) is 0 Å². The van der Waals surface area contributed by atoms with E-state index < -0.39 is 0 Å². The molecule has 0 saturated heterocycles. The molecule has 2 aromatic heterocycles. The Morgan fingerprint density at radius 1 is 1.17 bits per heavy atom. The summed E-state index contributed by atoms with van der Waals surface area (Å²) in [4.78, 5) is 0. The number of aromatic nitrogens is 3. The maximum Gasteiger partial charge on any atom is 0.222 e. The number of nitrogens with zero attached hydrogens (tertiary/aromatic N) is 3. The van der Waals surface area contributed by atoms with Gasteiger partial charge in [0, 0.05) is 26.2 Å². The third-order valence-electron chi connectivity index (χ3n) is 3.53. The number of hydrogen-bond acceptors (Lipinski definition) is 5. The first kappa shape index (κ1) is 15.3. The van der Waals surface area contributed by atoms with Gasteiger partial charge in [0.2, 0.25) is 5.88 Å². The molecule has 3 rings (SSSR count). The van der Waals surface area contributed by atoms with Crippen LogP contribution in [0.25, 0.3) is 0 Å². The third-order valence-corrected chi connectivity index (χ3v) is 3.53. The Morgan fingerprint density at radius 2 is 1.96 bits per heavy atom. The molecule has 2 heterocycles. The minimum Gasteiger partial charge on any atom is -0.439 e. The summed E-state index contributed by atoms with van der Waals surface area (Å²) in [6.07, 6.45) is 0. The quantitative estimate of drug-likeness (QED) is 0.757. The van der Waals surface area contributed by atoms with Crippen LogP contribution in [-0.2, 0) is 20.1 Å². The zero-order chi connectivity index (χ0) is 16.2. The molecule has 0 aliphatic heterocycles. The first-order valence-electron chi connectivity index (χ1n) is 7.52. The van der Waals surface area contributed by atoms with Crippen molar-refractivity contribution in [2.75, 3.05) is 0 Å². The standard InChI is InChI=1S/C17H20N4O2/c1-12-9-14(20-23-12)10-18-11-16-13(2)19-21(3)17(16)22-15-7-5-4-6-8-15/h4-9,18H,10-11H2,1-3H3. The first-order chi connectivity index (χ1) is 11.1. The molecule has 1 N–H and O–H groups in total. The Labute approximate surface area is 135 Å². The van der Waals surface area contributed by atoms with Gasteiger partial charge in [-0.3, -0.25) is 0 Å². The Morgan fingerprint density at radius 3 is 2.65 bits per heavy atom. The Bertz CT molecular complexity index is 777. The summed E-state index contributed by atoms with van der Waals surface area (Å²) in [5.41, 5.74) is 2.87. The average Bonchev–Trinajstić information content (AvgIpc) is 3.06. The Kier molecular flexibility index (Phi) is 4.43. The van der Waals surface area contributed by atoms with Crippen molar-refractivity contribution < 1.29 is 9.26 Å². The van der Waals surface area contributed by atoms with Crippen LogP contribution in [-0.4, -0.2) is 14.9 Å². The van der Waals surface area contributed by atoms with Gasteiger partial charge in [-0.1, -0.05) is 23.4 Å². The van der Waals surface area contributed by atoms with E-state index in [1.54, 1.807) is 4.68 Å². The van der Waals surface area contributed by atoms with Crippen LogP contribution in [0.2, 0.25) is 0 Å². The van der Waals surface area contributed by atoms with Crippen molar-refractivity contribution in [2.45, 2.75) is 26.9 Å². The smallest absolute Gasteiger partial charge is 0.222 e. The van der Waals surface area contributed by atoms with E-state index >= 15 is 0 Å². The molecule has 120 valence electrons. The summed E-state index contributed by atoms with van der Waals surface area (Å²) in [6, 6.07) is 11.6. The summed E-state index contributed by atoms with van der Waals surface area (Å²) in [5, 5.41) is 11.8. The van der Waals surface area contributed by atoms with Crippen molar-refractivity contribution in [3.05, 3.63) is 59.1 Å². The molecule has 0 saturated carbocycles. The van der Waals surface area contributed by atoms with Crippen LogP contribution in [0.15, 0.2) is 40.9 Å². The van der Waals surface area contributed by atoms with Crippen molar-refractivity contribution in [2.24, 2.45) is 7.05 Å². The maximum atomic E-state index is 5.99. The minimum absolute atomic E-state index is 0.635. The highest BCUT2D eigenvalue weighted by Gasteiger charge is 2.15. The van der Waals surface area contributed by atoms with Crippen LogP contribution in [0, 0.1) is 13.8 Å². The molecule has 0 amide bonds. The molecule has 0 unspecified atom stereocenters. The number of ether oxygens (including phenoxy) is 1. The molecule has 3 aromatic rings. The largest absolute Gasteiger partial charge is 0.439 e.